The molecule has 1 N–H and O–H groups in total. The van der Waals surface area contributed by atoms with E-state index in [1.807, 2.05) is 30.5 Å². The molecule has 0 aliphatic carbocycles. The second kappa shape index (κ2) is 6.36. The number of rotatable bonds is 7. The Kier molecular flexibility index (Phi) is 4.53. The zero-order valence-corrected chi connectivity index (χ0v) is 10.6. The second-order valence-corrected chi connectivity index (χ2v) is 4.57. The van der Waals surface area contributed by atoms with Gasteiger partial charge in [-0.1, -0.05) is 25.0 Å². The first-order valence-corrected chi connectivity index (χ1v) is 6.54. The number of allylic oxidation sites excluding steroid dienone is 1. The lowest BCUT2D eigenvalue weighted by Crippen LogP contribution is -1.97. The highest BCUT2D eigenvalue weighted by molar-refractivity contribution is 5.54. The van der Waals surface area contributed by atoms with Gasteiger partial charge in [-0.2, -0.15) is 5.10 Å². The molecule has 0 saturated heterocycles. The normalized spacial score (nSPS) is 12.7. The van der Waals surface area contributed by atoms with Gasteiger partial charge in [0.1, 0.15) is 0 Å². The molecule has 0 bridgehead atoms. The van der Waals surface area contributed by atoms with Crippen molar-refractivity contribution in [2.45, 2.75) is 38.2 Å². The number of fused-ring (bicyclic) bond motifs is 1. The predicted molar refractivity (Wildman–Crippen MR) is 73.4 cm³/mol. The zero-order valence-electron chi connectivity index (χ0n) is 10.6. The quantitative estimate of drug-likeness (QED) is 0.598. The molecule has 2 aromatic rings. The smallest absolute Gasteiger partial charge is 0.0826 e. The highest BCUT2D eigenvalue weighted by Gasteiger charge is 2.12. The van der Waals surface area contributed by atoms with Gasteiger partial charge in [-0.05, 0) is 31.4 Å². The van der Waals surface area contributed by atoms with Crippen LogP contribution in [0.2, 0.25) is 0 Å². The molecule has 0 spiro atoms. The maximum atomic E-state index is 10.2. The molecule has 2 heterocycles. The molecule has 0 aliphatic rings. The summed E-state index contributed by atoms with van der Waals surface area (Å²) in [5, 5.41) is 14.4. The lowest BCUT2D eigenvalue weighted by atomic mass is 10.0. The van der Waals surface area contributed by atoms with Crippen LogP contribution in [0.1, 0.15) is 43.8 Å². The molecule has 0 radical (unpaired) electrons. The molecular formula is C15H20N2O. The molecule has 0 aromatic carbocycles. The number of pyridine rings is 1. The average molecular weight is 244 g/mol. The molecular weight excluding hydrogens is 224 g/mol. The Labute approximate surface area is 108 Å². The average Bonchev–Trinajstić information content (AvgIpc) is 2.82. The van der Waals surface area contributed by atoms with E-state index in [1.54, 1.807) is 10.7 Å². The molecule has 1 atom stereocenters. The van der Waals surface area contributed by atoms with E-state index >= 15 is 0 Å². The Hall–Kier alpha value is -1.61. The van der Waals surface area contributed by atoms with E-state index in [4.69, 9.17) is 0 Å². The third kappa shape index (κ3) is 2.99. The molecule has 0 aliphatic heterocycles. The van der Waals surface area contributed by atoms with Gasteiger partial charge in [0.05, 0.1) is 17.8 Å². The van der Waals surface area contributed by atoms with Crippen molar-refractivity contribution in [1.29, 1.82) is 0 Å². The van der Waals surface area contributed by atoms with Crippen LogP contribution in [0.3, 0.4) is 0 Å². The maximum absolute atomic E-state index is 10.2. The van der Waals surface area contributed by atoms with E-state index in [0.29, 0.717) is 0 Å². The summed E-state index contributed by atoms with van der Waals surface area (Å²) >= 11 is 0. The summed E-state index contributed by atoms with van der Waals surface area (Å²) < 4.78 is 1.80. The van der Waals surface area contributed by atoms with Gasteiger partial charge < -0.3 is 5.11 Å². The molecule has 0 amide bonds. The van der Waals surface area contributed by atoms with Crippen molar-refractivity contribution >= 4 is 5.52 Å². The van der Waals surface area contributed by atoms with Crippen molar-refractivity contribution in [2.24, 2.45) is 0 Å². The highest BCUT2D eigenvalue weighted by Crippen LogP contribution is 2.23. The van der Waals surface area contributed by atoms with Gasteiger partial charge in [0, 0.05) is 11.8 Å². The van der Waals surface area contributed by atoms with Gasteiger partial charge in [-0.15, -0.1) is 6.58 Å². The van der Waals surface area contributed by atoms with E-state index in [0.717, 1.165) is 43.2 Å². The van der Waals surface area contributed by atoms with E-state index in [1.165, 1.54) is 0 Å². The number of aliphatic hydroxyl groups excluding tert-OH is 1. The number of nitrogens with zero attached hydrogens (tertiary/aromatic N) is 2. The van der Waals surface area contributed by atoms with Crippen molar-refractivity contribution in [1.82, 2.24) is 9.61 Å². The van der Waals surface area contributed by atoms with E-state index in [9.17, 15) is 5.11 Å². The van der Waals surface area contributed by atoms with Crippen molar-refractivity contribution < 1.29 is 5.11 Å². The van der Waals surface area contributed by atoms with Crippen LogP contribution in [0.15, 0.2) is 43.2 Å². The van der Waals surface area contributed by atoms with Crippen LogP contribution in [0.5, 0.6) is 0 Å². The van der Waals surface area contributed by atoms with Gasteiger partial charge in [0.15, 0.2) is 0 Å². The standard InChI is InChI=1S/C15H20N2O/c1-2-3-4-5-6-10-15(18)13-12-16-17-11-8-7-9-14(13)17/h2,7-9,11-12,15,18H,1,3-6,10H2. The van der Waals surface area contributed by atoms with Gasteiger partial charge in [-0.3, -0.25) is 0 Å². The maximum Gasteiger partial charge on any atom is 0.0826 e. The summed E-state index contributed by atoms with van der Waals surface area (Å²) in [6, 6.07) is 5.89. The minimum Gasteiger partial charge on any atom is -0.388 e. The van der Waals surface area contributed by atoms with Crippen molar-refractivity contribution in [3.8, 4) is 0 Å². The topological polar surface area (TPSA) is 37.5 Å². The Morgan fingerprint density at radius 3 is 3.06 bits per heavy atom. The number of aromatic nitrogens is 2. The van der Waals surface area contributed by atoms with Crippen molar-refractivity contribution in [3.05, 3.63) is 48.8 Å². The third-order valence-electron chi connectivity index (χ3n) is 3.20. The predicted octanol–water partition coefficient (Wildman–Crippen LogP) is 3.50. The van der Waals surface area contributed by atoms with E-state index < -0.39 is 6.10 Å². The van der Waals surface area contributed by atoms with Crippen LogP contribution in [-0.2, 0) is 0 Å². The Morgan fingerprint density at radius 1 is 1.33 bits per heavy atom. The van der Waals surface area contributed by atoms with Gasteiger partial charge in [0.2, 0.25) is 0 Å². The first-order chi connectivity index (χ1) is 8.83. The molecule has 18 heavy (non-hydrogen) atoms. The number of hydrogen-bond donors (Lipinski definition) is 1. The van der Waals surface area contributed by atoms with Gasteiger partial charge >= 0.3 is 0 Å². The van der Waals surface area contributed by atoms with Crippen LogP contribution in [0, 0.1) is 0 Å². The third-order valence-corrected chi connectivity index (χ3v) is 3.20. The Morgan fingerprint density at radius 2 is 2.22 bits per heavy atom. The monoisotopic (exact) mass is 244 g/mol. The minimum absolute atomic E-state index is 0.409. The first kappa shape index (κ1) is 12.8. The molecule has 2 rings (SSSR count). The second-order valence-electron chi connectivity index (χ2n) is 4.57. The highest BCUT2D eigenvalue weighted by atomic mass is 16.3. The van der Waals surface area contributed by atoms with Crippen molar-refractivity contribution in [2.75, 3.05) is 0 Å². The zero-order chi connectivity index (χ0) is 12.8. The minimum atomic E-state index is -0.409. The molecule has 3 heteroatoms. The Balaban J connectivity index is 1.92. The number of hydrogen-bond acceptors (Lipinski definition) is 2. The fourth-order valence-electron chi connectivity index (χ4n) is 2.17. The SMILES string of the molecule is C=CCCCCCC(O)c1cnn2ccccc12. The van der Waals surface area contributed by atoms with Crippen molar-refractivity contribution in [3.63, 3.8) is 0 Å². The number of unbranched alkanes of at least 4 members (excludes halogenated alkanes) is 3. The number of aliphatic hydroxyl groups is 1. The van der Waals surface area contributed by atoms with Crippen LogP contribution < -0.4 is 0 Å². The molecule has 0 saturated carbocycles. The largest absolute Gasteiger partial charge is 0.388 e. The summed E-state index contributed by atoms with van der Waals surface area (Å²) in [6.07, 6.45) is 10.4. The van der Waals surface area contributed by atoms with E-state index in [-0.39, 0.29) is 0 Å². The summed E-state index contributed by atoms with van der Waals surface area (Å²) in [5.74, 6) is 0. The first-order valence-electron chi connectivity index (χ1n) is 6.54. The molecule has 96 valence electrons. The lowest BCUT2D eigenvalue weighted by Gasteiger charge is -2.08. The van der Waals surface area contributed by atoms with Crippen LogP contribution in [-0.4, -0.2) is 14.7 Å². The molecule has 3 nitrogen and oxygen atoms in total. The van der Waals surface area contributed by atoms with Crippen LogP contribution in [0.4, 0.5) is 0 Å². The van der Waals surface area contributed by atoms with Gasteiger partial charge in [-0.25, -0.2) is 4.52 Å². The summed E-state index contributed by atoms with van der Waals surface area (Å²) in [4.78, 5) is 0. The summed E-state index contributed by atoms with van der Waals surface area (Å²) in [5.41, 5.74) is 1.93. The fourth-order valence-corrected chi connectivity index (χ4v) is 2.17. The molecule has 1 unspecified atom stereocenters. The van der Waals surface area contributed by atoms with Gasteiger partial charge in [0.25, 0.3) is 0 Å². The summed E-state index contributed by atoms with van der Waals surface area (Å²) in [7, 11) is 0. The molecule has 2 aromatic heterocycles. The Bertz CT molecular complexity index is 504. The van der Waals surface area contributed by atoms with E-state index in [2.05, 4.69) is 11.7 Å². The summed E-state index contributed by atoms with van der Waals surface area (Å²) in [6.45, 7) is 3.71. The fraction of sp³-hybridized carbons (Fsp3) is 0.400. The van der Waals surface area contributed by atoms with Crippen LogP contribution >= 0.6 is 0 Å². The lowest BCUT2D eigenvalue weighted by molar-refractivity contribution is 0.165. The van der Waals surface area contributed by atoms with Crippen LogP contribution in [0.25, 0.3) is 5.52 Å². The molecule has 0 fully saturated rings.